The van der Waals surface area contributed by atoms with Crippen molar-refractivity contribution in [2.45, 2.75) is 6.92 Å². The Labute approximate surface area is 125 Å². The fraction of sp³-hybridized carbons (Fsp3) is 0.0714. The van der Waals surface area contributed by atoms with Crippen LogP contribution in [0.5, 0.6) is 11.5 Å². The summed E-state index contributed by atoms with van der Waals surface area (Å²) >= 11 is 5.98. The molecule has 21 heavy (non-hydrogen) atoms. The molecule has 108 valence electrons. The van der Waals surface area contributed by atoms with E-state index in [0.717, 1.165) is 5.56 Å². The Morgan fingerprint density at radius 1 is 1.29 bits per heavy atom. The molecule has 2 aromatic carbocycles. The summed E-state index contributed by atoms with van der Waals surface area (Å²) < 4.78 is 5.59. The fourth-order valence-electron chi connectivity index (χ4n) is 1.75. The lowest BCUT2D eigenvalue weighted by atomic mass is 10.1. The van der Waals surface area contributed by atoms with Gasteiger partial charge in [0.25, 0.3) is 5.69 Å². The monoisotopic (exact) mass is 305 g/mol. The lowest BCUT2D eigenvalue weighted by Gasteiger charge is -2.12. The van der Waals surface area contributed by atoms with Gasteiger partial charge in [0.05, 0.1) is 21.6 Å². The third-order valence-electron chi connectivity index (χ3n) is 2.77. The SMILES string of the molecule is Cc1ccc(Oc2cc([N+](=O)[O-])ccc2Cl)c(C(=N)N)c1. The van der Waals surface area contributed by atoms with Crippen molar-refractivity contribution in [2.75, 3.05) is 0 Å². The highest BCUT2D eigenvalue weighted by Crippen LogP contribution is 2.34. The number of ether oxygens (including phenoxy) is 1. The maximum atomic E-state index is 10.8. The highest BCUT2D eigenvalue weighted by Gasteiger charge is 2.14. The Kier molecular flexibility index (Phi) is 4.09. The lowest BCUT2D eigenvalue weighted by molar-refractivity contribution is -0.384. The molecule has 0 saturated carbocycles. The maximum absolute atomic E-state index is 10.8. The van der Waals surface area contributed by atoms with Crippen molar-refractivity contribution < 1.29 is 9.66 Å². The molecule has 6 nitrogen and oxygen atoms in total. The minimum atomic E-state index is -0.537. The second-order valence-electron chi connectivity index (χ2n) is 4.39. The number of nitrogens with one attached hydrogen (secondary N) is 1. The molecule has 0 aromatic heterocycles. The third-order valence-corrected chi connectivity index (χ3v) is 3.08. The van der Waals surface area contributed by atoms with Gasteiger partial charge in [0.2, 0.25) is 0 Å². The molecule has 0 bridgehead atoms. The Morgan fingerprint density at radius 3 is 2.62 bits per heavy atom. The molecule has 0 aliphatic heterocycles. The van der Waals surface area contributed by atoms with Crippen LogP contribution in [0.2, 0.25) is 5.02 Å². The first-order chi connectivity index (χ1) is 9.88. The molecule has 0 aliphatic rings. The molecule has 0 radical (unpaired) electrons. The van der Waals surface area contributed by atoms with Crippen molar-refractivity contribution in [3.63, 3.8) is 0 Å². The van der Waals surface area contributed by atoms with E-state index in [2.05, 4.69) is 0 Å². The number of nitro benzene ring substituents is 1. The van der Waals surface area contributed by atoms with Crippen molar-refractivity contribution in [3.05, 3.63) is 62.7 Å². The average Bonchev–Trinajstić information content (AvgIpc) is 2.42. The van der Waals surface area contributed by atoms with Gasteiger partial charge in [0.1, 0.15) is 11.6 Å². The summed E-state index contributed by atoms with van der Waals surface area (Å²) in [5.41, 5.74) is 6.70. The summed E-state index contributed by atoms with van der Waals surface area (Å²) in [6.07, 6.45) is 0. The molecular formula is C14H12ClN3O3. The van der Waals surface area contributed by atoms with Crippen molar-refractivity contribution >= 4 is 23.1 Å². The zero-order valence-corrected chi connectivity index (χ0v) is 11.8. The Bertz CT molecular complexity index is 731. The van der Waals surface area contributed by atoms with Gasteiger partial charge in [0.15, 0.2) is 5.75 Å². The van der Waals surface area contributed by atoms with E-state index in [0.29, 0.717) is 11.3 Å². The highest BCUT2D eigenvalue weighted by atomic mass is 35.5. The van der Waals surface area contributed by atoms with E-state index in [1.807, 2.05) is 6.92 Å². The second kappa shape index (κ2) is 5.80. The molecule has 2 aromatic rings. The number of rotatable bonds is 4. The van der Waals surface area contributed by atoms with Crippen LogP contribution in [0, 0.1) is 22.4 Å². The van der Waals surface area contributed by atoms with E-state index in [9.17, 15) is 10.1 Å². The Balaban J connectivity index is 2.45. The van der Waals surface area contributed by atoms with Gasteiger partial charge in [-0.15, -0.1) is 0 Å². The van der Waals surface area contributed by atoms with Crippen LogP contribution in [0.4, 0.5) is 5.69 Å². The van der Waals surface area contributed by atoms with Crippen LogP contribution in [-0.4, -0.2) is 10.8 Å². The minimum Gasteiger partial charge on any atom is -0.455 e. The quantitative estimate of drug-likeness (QED) is 0.389. The summed E-state index contributed by atoms with van der Waals surface area (Å²) in [6.45, 7) is 1.86. The van der Waals surface area contributed by atoms with Crippen LogP contribution in [-0.2, 0) is 0 Å². The molecule has 7 heteroatoms. The zero-order chi connectivity index (χ0) is 15.6. The molecular weight excluding hydrogens is 294 g/mol. The standard InChI is InChI=1S/C14H12ClN3O3/c1-8-2-5-12(10(6-8)14(16)17)21-13-7-9(18(19)20)3-4-11(13)15/h2-7H,1H3,(H3,16,17). The molecule has 0 aliphatic carbocycles. The van der Waals surface area contributed by atoms with Crippen LogP contribution >= 0.6 is 11.6 Å². The van der Waals surface area contributed by atoms with E-state index in [1.54, 1.807) is 18.2 Å². The van der Waals surface area contributed by atoms with Crippen LogP contribution in [0.15, 0.2) is 36.4 Å². The molecule has 0 fully saturated rings. The van der Waals surface area contributed by atoms with Gasteiger partial charge in [-0.3, -0.25) is 15.5 Å². The average molecular weight is 306 g/mol. The topological polar surface area (TPSA) is 102 Å². The van der Waals surface area contributed by atoms with Crippen molar-refractivity contribution in [1.82, 2.24) is 0 Å². The molecule has 0 spiro atoms. The Hall–Kier alpha value is -2.60. The molecule has 0 unspecified atom stereocenters. The van der Waals surface area contributed by atoms with Gasteiger partial charge in [0, 0.05) is 6.07 Å². The first-order valence-corrected chi connectivity index (χ1v) is 6.33. The van der Waals surface area contributed by atoms with Crippen LogP contribution in [0.25, 0.3) is 0 Å². The predicted molar refractivity (Wildman–Crippen MR) is 80.4 cm³/mol. The predicted octanol–water partition coefficient (Wildman–Crippen LogP) is 3.63. The van der Waals surface area contributed by atoms with Gasteiger partial charge in [-0.1, -0.05) is 23.2 Å². The summed E-state index contributed by atoms with van der Waals surface area (Å²) in [5, 5.41) is 18.6. The normalized spacial score (nSPS) is 10.2. The van der Waals surface area contributed by atoms with Crippen LogP contribution in [0.1, 0.15) is 11.1 Å². The molecule has 0 atom stereocenters. The molecule has 3 N–H and O–H groups in total. The largest absolute Gasteiger partial charge is 0.455 e. The van der Waals surface area contributed by atoms with Gasteiger partial charge in [-0.25, -0.2) is 0 Å². The fourth-order valence-corrected chi connectivity index (χ4v) is 1.90. The summed E-state index contributed by atoms with van der Waals surface area (Å²) in [7, 11) is 0. The first-order valence-electron chi connectivity index (χ1n) is 5.95. The van der Waals surface area contributed by atoms with Gasteiger partial charge < -0.3 is 10.5 Å². The number of benzene rings is 2. The molecule has 0 heterocycles. The van der Waals surface area contributed by atoms with E-state index in [4.69, 9.17) is 27.5 Å². The number of nitro groups is 1. The van der Waals surface area contributed by atoms with E-state index < -0.39 is 4.92 Å². The number of nitrogen functional groups attached to an aromatic ring is 1. The van der Waals surface area contributed by atoms with Crippen molar-refractivity contribution in [2.24, 2.45) is 5.73 Å². The minimum absolute atomic E-state index is 0.133. The van der Waals surface area contributed by atoms with E-state index >= 15 is 0 Å². The smallest absolute Gasteiger partial charge is 0.273 e. The van der Waals surface area contributed by atoms with E-state index in [1.165, 1.54) is 18.2 Å². The maximum Gasteiger partial charge on any atom is 0.273 e. The summed E-state index contributed by atoms with van der Waals surface area (Å²) in [4.78, 5) is 10.3. The van der Waals surface area contributed by atoms with Crippen molar-refractivity contribution in [3.8, 4) is 11.5 Å². The van der Waals surface area contributed by atoms with Crippen LogP contribution in [0.3, 0.4) is 0 Å². The molecule has 0 amide bonds. The molecule has 2 rings (SSSR count). The number of nitrogens with zero attached hydrogens (tertiary/aromatic N) is 1. The number of aryl methyl sites for hydroxylation is 1. The highest BCUT2D eigenvalue weighted by molar-refractivity contribution is 6.32. The summed E-state index contributed by atoms with van der Waals surface area (Å²) in [5.74, 6) is 0.294. The van der Waals surface area contributed by atoms with E-state index in [-0.39, 0.29) is 22.3 Å². The number of hydrogen-bond donors (Lipinski definition) is 2. The van der Waals surface area contributed by atoms with Gasteiger partial charge in [-0.05, 0) is 25.1 Å². The first kappa shape index (κ1) is 14.8. The third kappa shape index (κ3) is 3.29. The molecule has 0 saturated heterocycles. The number of amidine groups is 1. The number of nitrogens with two attached hydrogens (primary N) is 1. The van der Waals surface area contributed by atoms with Crippen molar-refractivity contribution in [1.29, 1.82) is 5.41 Å². The zero-order valence-electron chi connectivity index (χ0n) is 11.1. The number of non-ortho nitro benzene ring substituents is 1. The number of hydrogen-bond acceptors (Lipinski definition) is 4. The van der Waals surface area contributed by atoms with Crippen LogP contribution < -0.4 is 10.5 Å². The Morgan fingerprint density at radius 2 is 2.00 bits per heavy atom. The number of halogens is 1. The second-order valence-corrected chi connectivity index (χ2v) is 4.79. The lowest BCUT2D eigenvalue weighted by Crippen LogP contribution is -2.12. The van der Waals surface area contributed by atoms with Gasteiger partial charge >= 0.3 is 0 Å². The summed E-state index contributed by atoms with van der Waals surface area (Å²) in [6, 6.07) is 9.02. The van der Waals surface area contributed by atoms with Gasteiger partial charge in [-0.2, -0.15) is 0 Å².